The molecular weight excluding hydrogens is 330 g/mol. The maximum absolute atomic E-state index is 12.3. The van der Waals surface area contributed by atoms with Crippen LogP contribution in [-0.2, 0) is 0 Å². The number of primary amides is 1. The van der Waals surface area contributed by atoms with Crippen LogP contribution in [0.2, 0.25) is 0 Å². The number of hydrogen-bond acceptors (Lipinski definition) is 4. The third kappa shape index (κ3) is 4.72. The van der Waals surface area contributed by atoms with Crippen LogP contribution in [0, 0.1) is 5.92 Å². The molecule has 0 radical (unpaired) electrons. The fourth-order valence-electron chi connectivity index (χ4n) is 3.17. The number of rotatable bonds is 5. The van der Waals surface area contributed by atoms with E-state index in [1.807, 2.05) is 24.5 Å². The molecule has 3 amide bonds. The Bertz CT molecular complexity index is 758. The highest BCUT2D eigenvalue weighted by Gasteiger charge is 2.20. The Morgan fingerprint density at radius 3 is 2.58 bits per heavy atom. The highest BCUT2D eigenvalue weighted by molar-refractivity contribution is 5.96. The molecular formula is C19H23N5O2. The van der Waals surface area contributed by atoms with Crippen LogP contribution in [0.15, 0.2) is 48.8 Å². The van der Waals surface area contributed by atoms with Crippen molar-refractivity contribution in [1.82, 2.24) is 10.3 Å². The fourth-order valence-corrected chi connectivity index (χ4v) is 3.17. The van der Waals surface area contributed by atoms with Crippen molar-refractivity contribution < 1.29 is 9.59 Å². The Labute approximate surface area is 152 Å². The minimum atomic E-state index is -0.650. The average Bonchev–Trinajstić information content (AvgIpc) is 2.67. The van der Waals surface area contributed by atoms with Crippen molar-refractivity contribution in [3.8, 4) is 0 Å². The van der Waals surface area contributed by atoms with E-state index >= 15 is 0 Å². The Morgan fingerprint density at radius 2 is 1.88 bits per heavy atom. The molecule has 0 aliphatic carbocycles. The van der Waals surface area contributed by atoms with E-state index in [4.69, 9.17) is 5.73 Å². The van der Waals surface area contributed by atoms with Crippen molar-refractivity contribution in [2.24, 2.45) is 11.7 Å². The number of carbonyl (C=O) groups excluding carboxylic acids is 2. The number of urea groups is 1. The van der Waals surface area contributed by atoms with E-state index in [1.54, 1.807) is 24.3 Å². The van der Waals surface area contributed by atoms with Crippen molar-refractivity contribution in [2.45, 2.75) is 12.8 Å². The number of nitrogens with zero attached hydrogens (tertiary/aromatic N) is 2. The van der Waals surface area contributed by atoms with Gasteiger partial charge in [-0.3, -0.25) is 9.78 Å². The summed E-state index contributed by atoms with van der Waals surface area (Å²) in [6.45, 7) is 2.60. The minimum absolute atomic E-state index is 0.144. The Hall–Kier alpha value is -3.09. The van der Waals surface area contributed by atoms with E-state index in [0.29, 0.717) is 23.7 Å². The van der Waals surface area contributed by atoms with E-state index in [1.165, 1.54) is 5.69 Å². The predicted octanol–water partition coefficient (Wildman–Crippen LogP) is 2.22. The molecule has 1 saturated heterocycles. The van der Waals surface area contributed by atoms with Gasteiger partial charge >= 0.3 is 6.03 Å². The lowest BCUT2D eigenvalue weighted by Crippen LogP contribution is -2.38. The molecule has 1 aromatic carbocycles. The minimum Gasteiger partial charge on any atom is -0.371 e. The summed E-state index contributed by atoms with van der Waals surface area (Å²) < 4.78 is 0. The summed E-state index contributed by atoms with van der Waals surface area (Å²) in [6, 6.07) is 10.1. The summed E-state index contributed by atoms with van der Waals surface area (Å²) in [5.74, 6) is 0.318. The number of hydrogen-bond donors (Lipinski definition) is 3. The zero-order valence-corrected chi connectivity index (χ0v) is 14.5. The van der Waals surface area contributed by atoms with Crippen molar-refractivity contribution >= 4 is 23.3 Å². The molecule has 0 spiro atoms. The van der Waals surface area contributed by atoms with Crippen LogP contribution in [0.5, 0.6) is 0 Å². The molecule has 26 heavy (non-hydrogen) atoms. The number of anilines is 2. The van der Waals surface area contributed by atoms with E-state index in [0.717, 1.165) is 25.9 Å². The molecule has 0 atom stereocenters. The molecule has 0 saturated carbocycles. The van der Waals surface area contributed by atoms with Gasteiger partial charge in [0.2, 0.25) is 0 Å². The Morgan fingerprint density at radius 1 is 1.15 bits per heavy atom. The first-order valence-corrected chi connectivity index (χ1v) is 8.71. The molecule has 136 valence electrons. The fraction of sp³-hybridized carbons (Fsp3) is 0.316. The lowest BCUT2D eigenvalue weighted by molar-refractivity contribution is 0.0945. The maximum atomic E-state index is 12.3. The van der Waals surface area contributed by atoms with Gasteiger partial charge in [0.25, 0.3) is 5.91 Å². The second-order valence-electron chi connectivity index (χ2n) is 6.42. The maximum Gasteiger partial charge on any atom is 0.316 e. The molecule has 7 heteroatoms. The molecule has 2 heterocycles. The number of benzene rings is 1. The molecule has 2 aromatic rings. The van der Waals surface area contributed by atoms with Crippen LogP contribution in [0.1, 0.15) is 23.2 Å². The third-order valence-electron chi connectivity index (χ3n) is 4.59. The highest BCUT2D eigenvalue weighted by Crippen LogP contribution is 2.22. The van der Waals surface area contributed by atoms with Crippen LogP contribution in [-0.4, -0.2) is 36.6 Å². The quantitative estimate of drug-likeness (QED) is 0.767. The summed E-state index contributed by atoms with van der Waals surface area (Å²) in [4.78, 5) is 29.6. The normalized spacial score (nSPS) is 14.7. The monoisotopic (exact) mass is 353 g/mol. The van der Waals surface area contributed by atoms with Gasteiger partial charge in [-0.05, 0) is 49.1 Å². The summed E-state index contributed by atoms with van der Waals surface area (Å²) >= 11 is 0. The average molecular weight is 353 g/mol. The van der Waals surface area contributed by atoms with Crippen molar-refractivity contribution in [1.29, 1.82) is 0 Å². The van der Waals surface area contributed by atoms with Crippen molar-refractivity contribution in [3.05, 3.63) is 54.4 Å². The Kier molecular flexibility index (Phi) is 5.68. The predicted molar refractivity (Wildman–Crippen MR) is 101 cm³/mol. The van der Waals surface area contributed by atoms with Crippen LogP contribution in [0.25, 0.3) is 0 Å². The number of pyridine rings is 1. The van der Waals surface area contributed by atoms with Gasteiger partial charge in [-0.1, -0.05) is 6.07 Å². The molecule has 7 nitrogen and oxygen atoms in total. The standard InChI is InChI=1S/C19H23N5O2/c20-19(26)23-16-3-1-2-15(12-16)18(25)22-13-14-6-10-24(11-7-14)17-4-8-21-9-5-17/h1-5,8-9,12,14H,6-7,10-11,13H2,(H,22,25)(H3,20,23,26). The SMILES string of the molecule is NC(=O)Nc1cccc(C(=O)NCC2CCN(c3ccncc3)CC2)c1. The molecule has 3 rings (SSSR count). The summed E-state index contributed by atoms with van der Waals surface area (Å²) in [5, 5.41) is 5.47. The first-order chi connectivity index (χ1) is 12.6. The molecule has 1 aromatic heterocycles. The molecule has 0 bridgehead atoms. The molecule has 0 unspecified atom stereocenters. The second kappa shape index (κ2) is 8.33. The van der Waals surface area contributed by atoms with Gasteiger partial charge in [-0.15, -0.1) is 0 Å². The van der Waals surface area contributed by atoms with Gasteiger partial charge in [0.1, 0.15) is 0 Å². The lowest BCUT2D eigenvalue weighted by atomic mass is 9.96. The van der Waals surface area contributed by atoms with Gasteiger partial charge in [0, 0.05) is 49.0 Å². The van der Waals surface area contributed by atoms with E-state index < -0.39 is 6.03 Å². The van der Waals surface area contributed by atoms with Crippen molar-refractivity contribution in [3.63, 3.8) is 0 Å². The van der Waals surface area contributed by atoms with Gasteiger partial charge in [0.05, 0.1) is 0 Å². The van der Waals surface area contributed by atoms with Crippen LogP contribution in [0.3, 0.4) is 0 Å². The number of amides is 3. The number of piperidine rings is 1. The lowest BCUT2D eigenvalue weighted by Gasteiger charge is -2.33. The highest BCUT2D eigenvalue weighted by atomic mass is 16.2. The van der Waals surface area contributed by atoms with Gasteiger partial charge < -0.3 is 21.3 Å². The zero-order chi connectivity index (χ0) is 18.4. The van der Waals surface area contributed by atoms with Crippen LogP contribution < -0.4 is 21.3 Å². The Balaban J connectivity index is 1.48. The topological polar surface area (TPSA) is 100 Å². The first kappa shape index (κ1) is 17.7. The molecule has 1 fully saturated rings. The van der Waals surface area contributed by atoms with Gasteiger partial charge in [0.15, 0.2) is 0 Å². The first-order valence-electron chi connectivity index (χ1n) is 8.71. The van der Waals surface area contributed by atoms with Gasteiger partial charge in [-0.2, -0.15) is 0 Å². The smallest absolute Gasteiger partial charge is 0.316 e. The summed E-state index contributed by atoms with van der Waals surface area (Å²) in [6.07, 6.45) is 5.68. The third-order valence-corrected chi connectivity index (χ3v) is 4.59. The number of aromatic nitrogens is 1. The largest absolute Gasteiger partial charge is 0.371 e. The van der Waals surface area contributed by atoms with Crippen molar-refractivity contribution in [2.75, 3.05) is 29.9 Å². The second-order valence-corrected chi connectivity index (χ2v) is 6.42. The molecule has 1 aliphatic rings. The number of nitrogens with one attached hydrogen (secondary N) is 2. The summed E-state index contributed by atoms with van der Waals surface area (Å²) in [7, 11) is 0. The number of nitrogens with two attached hydrogens (primary N) is 1. The van der Waals surface area contributed by atoms with Crippen LogP contribution >= 0.6 is 0 Å². The summed E-state index contributed by atoms with van der Waals surface area (Å²) in [5.41, 5.74) is 7.31. The molecule has 4 N–H and O–H groups in total. The van der Waals surface area contributed by atoms with E-state index in [-0.39, 0.29) is 5.91 Å². The van der Waals surface area contributed by atoms with Gasteiger partial charge in [-0.25, -0.2) is 4.79 Å². The molecule has 1 aliphatic heterocycles. The number of carbonyl (C=O) groups is 2. The van der Waals surface area contributed by atoms with Crippen LogP contribution in [0.4, 0.5) is 16.2 Å². The van der Waals surface area contributed by atoms with E-state index in [9.17, 15) is 9.59 Å². The van der Waals surface area contributed by atoms with E-state index in [2.05, 4.69) is 20.5 Å². The zero-order valence-electron chi connectivity index (χ0n) is 14.5.